The number of nitrogens with zero attached hydrogens (tertiary/aromatic N) is 3. The van der Waals surface area contributed by atoms with Gasteiger partial charge in [-0.2, -0.15) is 0 Å². The molecule has 188 valence electrons. The maximum absolute atomic E-state index is 9.24. The molecule has 0 aromatic heterocycles. The van der Waals surface area contributed by atoms with E-state index in [4.69, 9.17) is 0 Å². The molecular weight excluding hydrogens is 394 g/mol. The molecule has 0 heterocycles. The van der Waals surface area contributed by atoms with Gasteiger partial charge in [0.05, 0.1) is 26.4 Å². The van der Waals surface area contributed by atoms with Crippen molar-refractivity contribution in [1.29, 1.82) is 0 Å². The van der Waals surface area contributed by atoms with Crippen LogP contribution in [-0.4, -0.2) is 120 Å². The van der Waals surface area contributed by atoms with E-state index in [1.165, 1.54) is 64.2 Å². The third-order valence-electron chi connectivity index (χ3n) is 5.96. The summed E-state index contributed by atoms with van der Waals surface area (Å²) in [5.41, 5.74) is 0. The third-order valence-corrected chi connectivity index (χ3v) is 5.96. The van der Waals surface area contributed by atoms with Crippen molar-refractivity contribution in [2.75, 3.05) is 85.3 Å². The monoisotopic (exact) mass is 447 g/mol. The van der Waals surface area contributed by atoms with Gasteiger partial charge in [-0.3, -0.25) is 9.80 Å². The third kappa shape index (κ3) is 20.1. The predicted octanol–water partition coefficient (Wildman–Crippen LogP) is 1.78. The second-order valence-corrected chi connectivity index (χ2v) is 8.60. The molecule has 0 bridgehead atoms. The normalized spacial score (nSPS) is 12.0. The van der Waals surface area contributed by atoms with E-state index >= 15 is 0 Å². The van der Waals surface area contributed by atoms with Crippen molar-refractivity contribution < 1.29 is 20.4 Å². The Hall–Kier alpha value is -0.280. The highest BCUT2D eigenvalue weighted by atomic mass is 16.3. The molecule has 0 aliphatic rings. The van der Waals surface area contributed by atoms with Gasteiger partial charge in [0.2, 0.25) is 0 Å². The maximum Gasteiger partial charge on any atom is 0.0558 e. The lowest BCUT2D eigenvalue weighted by molar-refractivity contribution is 0.123. The molecule has 4 N–H and O–H groups in total. The summed E-state index contributed by atoms with van der Waals surface area (Å²) in [5, 5.41) is 36.9. The van der Waals surface area contributed by atoms with E-state index in [1.807, 2.05) is 0 Å². The molecule has 0 saturated carbocycles. The summed E-state index contributed by atoms with van der Waals surface area (Å²) in [6, 6.07) is 0. The largest absolute Gasteiger partial charge is 0.395 e. The topological polar surface area (TPSA) is 90.6 Å². The van der Waals surface area contributed by atoms with E-state index in [9.17, 15) is 20.4 Å². The Morgan fingerprint density at radius 3 is 0.968 bits per heavy atom. The molecule has 0 spiro atoms. The van der Waals surface area contributed by atoms with Crippen LogP contribution in [0.5, 0.6) is 0 Å². The number of unbranched alkanes of at least 4 members (excludes halogenated alkanes) is 9. The first-order chi connectivity index (χ1) is 15.2. The molecule has 0 aromatic carbocycles. The standard InChI is InChI=1S/C24H53N3O4/c1-2-3-4-5-6-7-8-9-10-11-12-25(13-15-26(17-21-28)18-22-29)14-16-27(19-23-30)20-24-31/h28-31H,2-24H2,1H3. The minimum Gasteiger partial charge on any atom is -0.395 e. The van der Waals surface area contributed by atoms with Crippen molar-refractivity contribution in [3.05, 3.63) is 0 Å². The molecule has 0 rings (SSSR count). The minimum atomic E-state index is 0.110. The van der Waals surface area contributed by atoms with Crippen LogP contribution in [0.4, 0.5) is 0 Å². The summed E-state index contributed by atoms with van der Waals surface area (Å²) in [7, 11) is 0. The Bertz CT molecular complexity index is 319. The van der Waals surface area contributed by atoms with Gasteiger partial charge in [0.25, 0.3) is 0 Å². The van der Waals surface area contributed by atoms with E-state index < -0.39 is 0 Å². The van der Waals surface area contributed by atoms with E-state index in [1.54, 1.807) is 0 Å². The molecular formula is C24H53N3O4. The fourth-order valence-corrected chi connectivity index (χ4v) is 3.96. The Morgan fingerprint density at radius 1 is 0.355 bits per heavy atom. The molecule has 0 aliphatic heterocycles. The molecule has 31 heavy (non-hydrogen) atoms. The zero-order chi connectivity index (χ0) is 23.0. The van der Waals surface area contributed by atoms with Crippen LogP contribution < -0.4 is 0 Å². The molecule has 0 amide bonds. The number of hydrogen-bond acceptors (Lipinski definition) is 7. The van der Waals surface area contributed by atoms with Crippen LogP contribution in [0.1, 0.15) is 71.1 Å². The SMILES string of the molecule is CCCCCCCCCCCCN(CCN(CCO)CCO)CCN(CCO)CCO. The summed E-state index contributed by atoms with van der Waals surface area (Å²) in [6.45, 7) is 9.59. The van der Waals surface area contributed by atoms with Gasteiger partial charge in [-0.25, -0.2) is 0 Å². The Morgan fingerprint density at radius 2 is 0.645 bits per heavy atom. The molecule has 0 unspecified atom stereocenters. The zero-order valence-electron chi connectivity index (χ0n) is 20.4. The molecule has 0 atom stereocenters. The highest BCUT2D eigenvalue weighted by Gasteiger charge is 2.11. The van der Waals surface area contributed by atoms with Crippen molar-refractivity contribution in [1.82, 2.24) is 14.7 Å². The van der Waals surface area contributed by atoms with Gasteiger partial charge in [0, 0.05) is 52.4 Å². The minimum absolute atomic E-state index is 0.110. The first-order valence-corrected chi connectivity index (χ1v) is 12.8. The van der Waals surface area contributed by atoms with Crippen LogP contribution in [0.25, 0.3) is 0 Å². The summed E-state index contributed by atoms with van der Waals surface area (Å²) >= 11 is 0. The molecule has 0 radical (unpaired) electrons. The first kappa shape index (κ1) is 30.7. The summed E-state index contributed by atoms with van der Waals surface area (Å²) in [4.78, 5) is 6.66. The van der Waals surface area contributed by atoms with Crippen LogP contribution in [0.15, 0.2) is 0 Å². The summed E-state index contributed by atoms with van der Waals surface area (Å²) < 4.78 is 0. The first-order valence-electron chi connectivity index (χ1n) is 12.8. The average Bonchev–Trinajstić information content (AvgIpc) is 2.76. The highest BCUT2D eigenvalue weighted by Crippen LogP contribution is 2.11. The van der Waals surface area contributed by atoms with E-state index in [0.717, 1.165) is 32.7 Å². The summed E-state index contributed by atoms with van der Waals surface area (Å²) in [6.07, 6.45) is 13.3. The van der Waals surface area contributed by atoms with Crippen LogP contribution in [0.2, 0.25) is 0 Å². The molecule has 7 heteroatoms. The second kappa shape index (κ2) is 24.4. The van der Waals surface area contributed by atoms with Gasteiger partial charge in [-0.1, -0.05) is 64.7 Å². The Labute approximate surface area is 192 Å². The van der Waals surface area contributed by atoms with Crippen molar-refractivity contribution >= 4 is 0 Å². The number of aliphatic hydroxyl groups excluding tert-OH is 4. The number of rotatable bonds is 25. The fourth-order valence-electron chi connectivity index (χ4n) is 3.96. The lowest BCUT2D eigenvalue weighted by Gasteiger charge is -2.29. The second-order valence-electron chi connectivity index (χ2n) is 8.60. The lowest BCUT2D eigenvalue weighted by Crippen LogP contribution is -2.42. The predicted molar refractivity (Wildman–Crippen MR) is 130 cm³/mol. The lowest BCUT2D eigenvalue weighted by atomic mass is 10.1. The molecule has 0 aliphatic carbocycles. The Kier molecular flexibility index (Phi) is 24.1. The van der Waals surface area contributed by atoms with Crippen LogP contribution in [0, 0.1) is 0 Å². The number of aliphatic hydroxyl groups is 4. The van der Waals surface area contributed by atoms with Crippen LogP contribution >= 0.6 is 0 Å². The quantitative estimate of drug-likeness (QED) is 0.159. The van der Waals surface area contributed by atoms with Crippen LogP contribution in [-0.2, 0) is 0 Å². The highest BCUT2D eigenvalue weighted by molar-refractivity contribution is 4.67. The fraction of sp³-hybridized carbons (Fsp3) is 1.00. The van der Waals surface area contributed by atoms with Gasteiger partial charge in [0.15, 0.2) is 0 Å². The maximum atomic E-state index is 9.24. The molecule has 0 aromatic rings. The van der Waals surface area contributed by atoms with Gasteiger partial charge in [-0.15, -0.1) is 0 Å². The van der Waals surface area contributed by atoms with E-state index in [-0.39, 0.29) is 26.4 Å². The van der Waals surface area contributed by atoms with Crippen molar-refractivity contribution in [3.8, 4) is 0 Å². The number of hydrogen-bond donors (Lipinski definition) is 4. The van der Waals surface area contributed by atoms with Crippen molar-refractivity contribution in [2.24, 2.45) is 0 Å². The smallest absolute Gasteiger partial charge is 0.0558 e. The van der Waals surface area contributed by atoms with E-state index in [2.05, 4.69) is 21.6 Å². The van der Waals surface area contributed by atoms with Gasteiger partial charge in [0.1, 0.15) is 0 Å². The van der Waals surface area contributed by atoms with Gasteiger partial charge in [-0.05, 0) is 13.0 Å². The summed E-state index contributed by atoms with van der Waals surface area (Å²) in [5.74, 6) is 0. The van der Waals surface area contributed by atoms with Crippen molar-refractivity contribution in [3.63, 3.8) is 0 Å². The van der Waals surface area contributed by atoms with Crippen LogP contribution in [0.3, 0.4) is 0 Å². The van der Waals surface area contributed by atoms with E-state index in [0.29, 0.717) is 26.2 Å². The molecule has 7 nitrogen and oxygen atoms in total. The van der Waals surface area contributed by atoms with Gasteiger partial charge < -0.3 is 25.3 Å². The average molecular weight is 448 g/mol. The Balaban J connectivity index is 4.26. The van der Waals surface area contributed by atoms with Gasteiger partial charge >= 0.3 is 0 Å². The molecule has 0 fully saturated rings. The zero-order valence-corrected chi connectivity index (χ0v) is 20.4. The molecule has 0 saturated heterocycles. The van der Waals surface area contributed by atoms with Crippen molar-refractivity contribution in [2.45, 2.75) is 71.1 Å².